The molecule has 0 aliphatic rings. The first-order chi connectivity index (χ1) is 12.9. The molecule has 0 unspecified atom stereocenters. The molecule has 0 fully saturated rings. The molecule has 138 valence electrons. The summed E-state index contributed by atoms with van der Waals surface area (Å²) >= 11 is 0. The molecule has 0 N–H and O–H groups in total. The summed E-state index contributed by atoms with van der Waals surface area (Å²) in [6.45, 7) is 1.86. The molecule has 0 aliphatic carbocycles. The van der Waals surface area contributed by atoms with Crippen LogP contribution in [-0.2, 0) is 20.8 Å². The van der Waals surface area contributed by atoms with Gasteiger partial charge in [-0.3, -0.25) is 9.27 Å². The number of aryl methyl sites for hydroxylation is 1. The summed E-state index contributed by atoms with van der Waals surface area (Å²) in [7, 11) is -4.04. The van der Waals surface area contributed by atoms with Crippen LogP contribution in [0.4, 0.5) is 4.39 Å². The van der Waals surface area contributed by atoms with E-state index in [9.17, 15) is 12.8 Å². The zero-order valence-corrected chi connectivity index (χ0v) is 15.4. The fraction of sp³-hybridized carbons (Fsp3) is 0.100. The van der Waals surface area contributed by atoms with E-state index >= 15 is 0 Å². The van der Waals surface area contributed by atoms with Crippen molar-refractivity contribution < 1.29 is 17.1 Å². The Morgan fingerprint density at radius 3 is 2.26 bits per heavy atom. The van der Waals surface area contributed by atoms with E-state index in [2.05, 4.69) is 10.1 Å². The lowest BCUT2D eigenvalue weighted by molar-refractivity contribution is 0.338. The molecule has 1 aromatic heterocycles. The molecular weight excluding hydrogens is 367 g/mol. The number of nitrogens with zero attached hydrogens (tertiary/aromatic N) is 2. The van der Waals surface area contributed by atoms with Crippen molar-refractivity contribution >= 4 is 15.8 Å². The van der Waals surface area contributed by atoms with Crippen LogP contribution in [0.1, 0.15) is 16.7 Å². The molecule has 3 rings (SSSR count). The van der Waals surface area contributed by atoms with Crippen LogP contribution in [0.15, 0.2) is 83.1 Å². The maximum atomic E-state index is 13.1. The Bertz CT molecular complexity index is 1030. The average molecular weight is 384 g/mol. The van der Waals surface area contributed by atoms with E-state index < -0.39 is 10.1 Å². The number of halogens is 1. The highest BCUT2D eigenvalue weighted by Gasteiger charge is 2.16. The highest BCUT2D eigenvalue weighted by atomic mass is 32.2. The Morgan fingerprint density at radius 2 is 1.63 bits per heavy atom. The second kappa shape index (κ2) is 8.09. The van der Waals surface area contributed by atoms with Crippen LogP contribution in [0, 0.1) is 12.7 Å². The quantitative estimate of drug-likeness (QED) is 0.478. The number of pyridine rings is 1. The van der Waals surface area contributed by atoms with Crippen molar-refractivity contribution in [1.82, 2.24) is 4.98 Å². The van der Waals surface area contributed by atoms with Gasteiger partial charge in [0.25, 0.3) is 0 Å². The van der Waals surface area contributed by atoms with Gasteiger partial charge in [-0.25, -0.2) is 4.39 Å². The Labute approximate surface area is 157 Å². The van der Waals surface area contributed by atoms with Crippen LogP contribution < -0.4 is 0 Å². The summed E-state index contributed by atoms with van der Waals surface area (Å²) in [5.41, 5.74) is 2.75. The molecule has 0 atom stereocenters. The Kier molecular flexibility index (Phi) is 5.61. The second-order valence-corrected chi connectivity index (χ2v) is 7.45. The highest BCUT2D eigenvalue weighted by Crippen LogP contribution is 2.15. The molecular formula is C20H17FN2O3S. The number of oxime groups is 1. The fourth-order valence-electron chi connectivity index (χ4n) is 2.37. The molecule has 27 heavy (non-hydrogen) atoms. The van der Waals surface area contributed by atoms with E-state index in [1.165, 1.54) is 24.3 Å². The van der Waals surface area contributed by atoms with Crippen LogP contribution in [-0.4, -0.2) is 19.1 Å². The van der Waals surface area contributed by atoms with Crippen molar-refractivity contribution in [3.05, 3.63) is 95.6 Å². The molecule has 3 aromatic rings. The Balaban J connectivity index is 1.90. The van der Waals surface area contributed by atoms with Gasteiger partial charge in [0.1, 0.15) is 10.7 Å². The minimum Gasteiger partial charge on any atom is -0.265 e. The summed E-state index contributed by atoms with van der Waals surface area (Å²) in [5, 5.41) is 3.89. The molecule has 0 aliphatic heterocycles. The molecule has 0 radical (unpaired) electrons. The number of aromatic nitrogens is 1. The van der Waals surface area contributed by atoms with Crippen molar-refractivity contribution in [2.75, 3.05) is 0 Å². The first kappa shape index (κ1) is 18.7. The predicted molar refractivity (Wildman–Crippen MR) is 100 cm³/mol. The van der Waals surface area contributed by atoms with Crippen molar-refractivity contribution in [3.63, 3.8) is 0 Å². The summed E-state index contributed by atoms with van der Waals surface area (Å²) in [5.74, 6) is -0.348. The molecule has 0 bridgehead atoms. The van der Waals surface area contributed by atoms with Crippen LogP contribution in [0.2, 0.25) is 0 Å². The number of hydrogen-bond acceptors (Lipinski definition) is 5. The van der Waals surface area contributed by atoms with Crippen molar-refractivity contribution in [1.29, 1.82) is 0 Å². The average Bonchev–Trinajstić information content (AvgIpc) is 2.68. The van der Waals surface area contributed by atoms with Gasteiger partial charge < -0.3 is 0 Å². The SMILES string of the molecule is Cc1ccc(S(=O)(=O)O/N=C(\Cc2ccc(F)cc2)c2ccncc2)cc1. The summed E-state index contributed by atoms with van der Waals surface area (Å²) in [6, 6.07) is 15.6. The summed E-state index contributed by atoms with van der Waals surface area (Å²) in [6.07, 6.45) is 3.42. The minimum absolute atomic E-state index is 0.0210. The molecule has 7 heteroatoms. The third kappa shape index (κ3) is 4.98. The molecule has 0 saturated heterocycles. The normalized spacial score (nSPS) is 12.0. The molecule has 1 heterocycles. The first-order valence-corrected chi connectivity index (χ1v) is 9.57. The van der Waals surface area contributed by atoms with Gasteiger partial charge in [0.15, 0.2) is 0 Å². The maximum Gasteiger partial charge on any atom is 0.358 e. The standard InChI is InChI=1S/C20H17FN2O3S/c1-15-2-8-19(9-3-15)27(24,25)26-23-20(17-10-12-22-13-11-17)14-16-4-6-18(21)7-5-16/h2-13H,14H2,1H3/b23-20+. The Morgan fingerprint density at radius 1 is 1.00 bits per heavy atom. The van der Waals surface area contributed by atoms with Gasteiger partial charge in [0, 0.05) is 24.4 Å². The van der Waals surface area contributed by atoms with Crippen LogP contribution in [0.5, 0.6) is 0 Å². The number of benzene rings is 2. The molecule has 2 aromatic carbocycles. The molecule has 0 spiro atoms. The van der Waals surface area contributed by atoms with Gasteiger partial charge in [0.05, 0.1) is 5.71 Å². The topological polar surface area (TPSA) is 68.6 Å². The number of rotatable bonds is 6. The van der Waals surface area contributed by atoms with E-state index in [1.807, 2.05) is 6.92 Å². The zero-order valence-electron chi connectivity index (χ0n) is 14.5. The molecule has 5 nitrogen and oxygen atoms in total. The van der Waals surface area contributed by atoms with Crippen LogP contribution in [0.25, 0.3) is 0 Å². The largest absolute Gasteiger partial charge is 0.358 e. The smallest absolute Gasteiger partial charge is 0.265 e. The van der Waals surface area contributed by atoms with E-state index in [4.69, 9.17) is 4.28 Å². The lowest BCUT2D eigenvalue weighted by atomic mass is 10.0. The van der Waals surface area contributed by atoms with E-state index in [0.717, 1.165) is 11.1 Å². The third-order valence-electron chi connectivity index (χ3n) is 3.85. The third-order valence-corrected chi connectivity index (χ3v) is 4.97. The van der Waals surface area contributed by atoms with Crippen LogP contribution in [0.3, 0.4) is 0 Å². The van der Waals surface area contributed by atoms with Gasteiger partial charge in [-0.2, -0.15) is 8.42 Å². The van der Waals surface area contributed by atoms with E-state index in [1.54, 1.807) is 48.8 Å². The van der Waals surface area contributed by atoms with E-state index in [0.29, 0.717) is 11.3 Å². The second-order valence-electron chi connectivity index (χ2n) is 5.92. The van der Waals surface area contributed by atoms with Crippen LogP contribution >= 0.6 is 0 Å². The highest BCUT2D eigenvalue weighted by molar-refractivity contribution is 7.86. The van der Waals surface area contributed by atoms with Gasteiger partial charge in [-0.15, -0.1) is 0 Å². The first-order valence-electron chi connectivity index (χ1n) is 8.16. The maximum absolute atomic E-state index is 13.1. The fourth-order valence-corrected chi connectivity index (χ4v) is 3.11. The number of hydrogen-bond donors (Lipinski definition) is 0. The van der Waals surface area contributed by atoms with Gasteiger partial charge >= 0.3 is 10.1 Å². The van der Waals surface area contributed by atoms with Crippen molar-refractivity contribution in [2.24, 2.45) is 5.16 Å². The monoisotopic (exact) mass is 384 g/mol. The summed E-state index contributed by atoms with van der Waals surface area (Å²) < 4.78 is 42.8. The molecule has 0 amide bonds. The summed E-state index contributed by atoms with van der Waals surface area (Å²) in [4.78, 5) is 3.97. The van der Waals surface area contributed by atoms with Gasteiger partial charge in [0.2, 0.25) is 0 Å². The Hall–Kier alpha value is -3.06. The van der Waals surface area contributed by atoms with Gasteiger partial charge in [-0.1, -0.05) is 35.0 Å². The predicted octanol–water partition coefficient (Wildman–Crippen LogP) is 3.88. The van der Waals surface area contributed by atoms with Crippen molar-refractivity contribution in [2.45, 2.75) is 18.2 Å². The van der Waals surface area contributed by atoms with E-state index in [-0.39, 0.29) is 17.1 Å². The van der Waals surface area contributed by atoms with Gasteiger partial charge in [-0.05, 0) is 48.9 Å². The lowest BCUT2D eigenvalue weighted by Gasteiger charge is -2.08. The lowest BCUT2D eigenvalue weighted by Crippen LogP contribution is -2.10. The minimum atomic E-state index is -4.04. The zero-order chi connectivity index (χ0) is 19.3. The van der Waals surface area contributed by atoms with Crippen molar-refractivity contribution in [3.8, 4) is 0 Å². The molecule has 0 saturated carbocycles.